The fraction of sp³-hybridized carbons (Fsp3) is 0.171. The Labute approximate surface area is 263 Å². The van der Waals surface area contributed by atoms with Gasteiger partial charge in [-0.25, -0.2) is 9.97 Å². The van der Waals surface area contributed by atoms with E-state index in [9.17, 15) is 0 Å². The number of furan rings is 1. The van der Waals surface area contributed by atoms with E-state index in [2.05, 4.69) is 142 Å². The van der Waals surface area contributed by atoms with Gasteiger partial charge in [-0.15, -0.1) is 0 Å². The van der Waals surface area contributed by atoms with E-state index in [0.29, 0.717) is 11.8 Å². The van der Waals surface area contributed by atoms with Gasteiger partial charge >= 0.3 is 0 Å². The number of aryl methyl sites for hydroxylation is 1. The molecule has 3 aromatic heterocycles. The van der Waals surface area contributed by atoms with Crippen LogP contribution in [0.3, 0.4) is 0 Å². The van der Waals surface area contributed by atoms with Crippen molar-refractivity contribution in [3.05, 3.63) is 126 Å². The smallest absolute Gasteiger partial charge is 0.165 e. The standard InChI is InChI=1S/C41H35N3O/c1-24(2)29-16-10-17-30(25(3)4)38(29)44-40(43-37-32-15-9-7-13-28(32)23-42-41(37)44)35-19-11-18-34-33-21-20-27(22-36(33)45-39(34)35)31-14-8-6-12-26(31)5/h6-25H,1-5H3. The number of fused-ring (bicyclic) bond motifs is 6. The van der Waals surface area contributed by atoms with Crippen LogP contribution in [0, 0.1) is 6.92 Å². The van der Waals surface area contributed by atoms with Gasteiger partial charge in [0.1, 0.15) is 16.7 Å². The first kappa shape index (κ1) is 27.3. The van der Waals surface area contributed by atoms with E-state index in [1.807, 2.05) is 6.20 Å². The summed E-state index contributed by atoms with van der Waals surface area (Å²) in [4.78, 5) is 10.5. The van der Waals surface area contributed by atoms with Gasteiger partial charge in [0.05, 0.1) is 11.3 Å². The second-order valence-corrected chi connectivity index (χ2v) is 12.7. The van der Waals surface area contributed by atoms with Gasteiger partial charge in [-0.1, -0.05) is 113 Å². The second kappa shape index (κ2) is 10.4. The molecule has 8 aromatic rings. The molecule has 4 nitrogen and oxygen atoms in total. The van der Waals surface area contributed by atoms with E-state index in [-0.39, 0.29) is 0 Å². The van der Waals surface area contributed by atoms with Crippen molar-refractivity contribution in [3.8, 4) is 28.2 Å². The number of aromatic nitrogens is 3. The molecule has 0 saturated heterocycles. The van der Waals surface area contributed by atoms with Gasteiger partial charge in [-0.05, 0) is 64.8 Å². The zero-order valence-corrected chi connectivity index (χ0v) is 26.3. The summed E-state index contributed by atoms with van der Waals surface area (Å²) in [5.41, 5.74) is 11.7. The Morgan fingerprint density at radius 2 is 1.36 bits per heavy atom. The Morgan fingerprint density at radius 1 is 0.667 bits per heavy atom. The third-order valence-electron chi connectivity index (χ3n) is 9.16. The van der Waals surface area contributed by atoms with Crippen LogP contribution in [0.25, 0.3) is 72.1 Å². The van der Waals surface area contributed by atoms with Gasteiger partial charge < -0.3 is 4.42 Å². The Balaban J connectivity index is 1.47. The number of benzene rings is 5. The number of para-hydroxylation sites is 2. The number of imidazole rings is 1. The molecule has 0 unspecified atom stereocenters. The summed E-state index contributed by atoms with van der Waals surface area (Å²) < 4.78 is 9.09. The van der Waals surface area contributed by atoms with Crippen molar-refractivity contribution in [2.45, 2.75) is 46.5 Å². The van der Waals surface area contributed by atoms with Crippen LogP contribution in [0.15, 0.2) is 114 Å². The van der Waals surface area contributed by atoms with Crippen molar-refractivity contribution in [3.63, 3.8) is 0 Å². The summed E-state index contributed by atoms with van der Waals surface area (Å²) in [7, 11) is 0. The molecule has 0 radical (unpaired) electrons. The van der Waals surface area contributed by atoms with Crippen molar-refractivity contribution in [2.75, 3.05) is 0 Å². The van der Waals surface area contributed by atoms with E-state index in [1.54, 1.807) is 0 Å². The summed E-state index contributed by atoms with van der Waals surface area (Å²) in [6, 6.07) is 36.5. The van der Waals surface area contributed by atoms with Crippen LogP contribution in [0.4, 0.5) is 0 Å². The highest BCUT2D eigenvalue weighted by Crippen LogP contribution is 2.42. The lowest BCUT2D eigenvalue weighted by atomic mass is 9.92. The molecule has 0 bridgehead atoms. The summed E-state index contributed by atoms with van der Waals surface area (Å²) >= 11 is 0. The van der Waals surface area contributed by atoms with Crippen molar-refractivity contribution in [1.29, 1.82) is 0 Å². The molecular weight excluding hydrogens is 550 g/mol. The van der Waals surface area contributed by atoms with E-state index in [0.717, 1.165) is 66.5 Å². The van der Waals surface area contributed by atoms with Crippen molar-refractivity contribution in [2.24, 2.45) is 0 Å². The van der Waals surface area contributed by atoms with Crippen LogP contribution in [0.2, 0.25) is 0 Å². The number of hydrogen-bond donors (Lipinski definition) is 0. The van der Waals surface area contributed by atoms with Crippen LogP contribution in [0.5, 0.6) is 0 Å². The van der Waals surface area contributed by atoms with Gasteiger partial charge in [0.15, 0.2) is 11.5 Å². The molecule has 0 fully saturated rings. The Kier molecular flexibility index (Phi) is 6.35. The fourth-order valence-corrected chi connectivity index (χ4v) is 6.87. The Bertz CT molecular complexity index is 2380. The van der Waals surface area contributed by atoms with Crippen LogP contribution in [0.1, 0.15) is 56.2 Å². The van der Waals surface area contributed by atoms with Gasteiger partial charge in [0.2, 0.25) is 0 Å². The molecule has 0 spiro atoms. The minimum Gasteiger partial charge on any atom is -0.455 e. The summed E-state index contributed by atoms with van der Waals surface area (Å²) in [6.45, 7) is 11.2. The Hall–Kier alpha value is -5.22. The fourth-order valence-electron chi connectivity index (χ4n) is 6.87. The van der Waals surface area contributed by atoms with Gasteiger partial charge in [-0.2, -0.15) is 0 Å². The third kappa shape index (κ3) is 4.27. The molecular formula is C41H35N3O. The molecule has 0 saturated carbocycles. The predicted molar refractivity (Wildman–Crippen MR) is 187 cm³/mol. The first-order chi connectivity index (χ1) is 21.9. The molecule has 0 atom stereocenters. The Morgan fingerprint density at radius 3 is 2.13 bits per heavy atom. The molecule has 3 heterocycles. The van der Waals surface area contributed by atoms with E-state index in [1.165, 1.54) is 22.3 Å². The SMILES string of the molecule is Cc1ccccc1-c1ccc2c(c1)oc1c(-c3nc4c5ccccc5cnc4n3-c3c(C(C)C)cccc3C(C)C)cccc12. The lowest BCUT2D eigenvalue weighted by Gasteiger charge is -2.22. The van der Waals surface area contributed by atoms with Crippen LogP contribution < -0.4 is 0 Å². The van der Waals surface area contributed by atoms with Crippen molar-refractivity contribution < 1.29 is 4.42 Å². The topological polar surface area (TPSA) is 43.9 Å². The molecule has 8 rings (SSSR count). The number of rotatable bonds is 5. The maximum Gasteiger partial charge on any atom is 0.165 e. The normalized spacial score (nSPS) is 12.1. The van der Waals surface area contributed by atoms with Crippen LogP contribution in [-0.4, -0.2) is 14.5 Å². The molecule has 0 N–H and O–H groups in total. The maximum atomic E-state index is 6.80. The average Bonchev–Trinajstić information content (AvgIpc) is 3.63. The highest BCUT2D eigenvalue weighted by atomic mass is 16.3. The highest BCUT2D eigenvalue weighted by Gasteiger charge is 2.26. The molecule has 220 valence electrons. The van der Waals surface area contributed by atoms with E-state index >= 15 is 0 Å². The number of pyridine rings is 1. The van der Waals surface area contributed by atoms with Crippen molar-refractivity contribution >= 4 is 43.9 Å². The highest BCUT2D eigenvalue weighted by molar-refractivity contribution is 6.11. The van der Waals surface area contributed by atoms with Crippen molar-refractivity contribution in [1.82, 2.24) is 14.5 Å². The molecule has 0 aliphatic heterocycles. The monoisotopic (exact) mass is 585 g/mol. The summed E-state index contributed by atoms with van der Waals surface area (Å²) in [6.07, 6.45) is 1.97. The zero-order valence-electron chi connectivity index (χ0n) is 26.3. The van der Waals surface area contributed by atoms with Crippen LogP contribution >= 0.6 is 0 Å². The molecule has 0 aliphatic rings. The predicted octanol–water partition coefficient (Wildman–Crippen LogP) is 11.4. The second-order valence-electron chi connectivity index (χ2n) is 12.7. The average molecular weight is 586 g/mol. The number of hydrogen-bond acceptors (Lipinski definition) is 3. The minimum absolute atomic E-state index is 0.311. The lowest BCUT2D eigenvalue weighted by molar-refractivity contribution is 0.669. The number of nitrogens with zero attached hydrogens (tertiary/aromatic N) is 3. The zero-order chi connectivity index (χ0) is 30.8. The first-order valence-electron chi connectivity index (χ1n) is 15.8. The molecule has 5 aromatic carbocycles. The quantitative estimate of drug-likeness (QED) is 0.202. The first-order valence-corrected chi connectivity index (χ1v) is 15.8. The lowest BCUT2D eigenvalue weighted by Crippen LogP contribution is -2.09. The minimum atomic E-state index is 0.311. The summed E-state index contributed by atoms with van der Waals surface area (Å²) in [5, 5.41) is 4.35. The third-order valence-corrected chi connectivity index (χ3v) is 9.16. The van der Waals surface area contributed by atoms with Gasteiger partial charge in [-0.3, -0.25) is 4.57 Å². The van der Waals surface area contributed by atoms with Gasteiger partial charge in [0.25, 0.3) is 0 Å². The largest absolute Gasteiger partial charge is 0.455 e. The maximum absolute atomic E-state index is 6.80. The molecule has 4 heteroatoms. The molecule has 0 amide bonds. The van der Waals surface area contributed by atoms with E-state index in [4.69, 9.17) is 14.4 Å². The van der Waals surface area contributed by atoms with Crippen LogP contribution in [-0.2, 0) is 0 Å². The van der Waals surface area contributed by atoms with Gasteiger partial charge in [0, 0.05) is 27.7 Å². The van der Waals surface area contributed by atoms with E-state index < -0.39 is 0 Å². The summed E-state index contributed by atoms with van der Waals surface area (Å²) in [5.74, 6) is 1.46. The molecule has 0 aliphatic carbocycles. The molecule has 45 heavy (non-hydrogen) atoms.